The van der Waals surface area contributed by atoms with Crippen molar-refractivity contribution in [3.63, 3.8) is 0 Å². The molecule has 2 aliphatic rings. The first kappa shape index (κ1) is 15.5. The summed E-state index contributed by atoms with van der Waals surface area (Å²) in [5, 5.41) is 3.12. The molecule has 0 unspecified atom stereocenters. The third-order valence-electron chi connectivity index (χ3n) is 4.17. The second-order valence-electron chi connectivity index (χ2n) is 5.61. The predicted octanol–water partition coefficient (Wildman–Crippen LogP) is 1.71. The van der Waals surface area contributed by atoms with Crippen molar-refractivity contribution in [1.29, 1.82) is 0 Å². The molecule has 3 rings (SSSR count). The number of ether oxygens (including phenoxy) is 1. The van der Waals surface area contributed by atoms with Crippen LogP contribution in [-0.2, 0) is 11.3 Å². The first-order chi connectivity index (χ1) is 10.6. The van der Waals surface area contributed by atoms with Gasteiger partial charge in [0.05, 0.1) is 19.3 Å². The van der Waals surface area contributed by atoms with E-state index in [1.54, 1.807) is 17.0 Å². The van der Waals surface area contributed by atoms with Gasteiger partial charge in [0.1, 0.15) is 5.82 Å². The van der Waals surface area contributed by atoms with Gasteiger partial charge < -0.3 is 15.0 Å². The Balaban J connectivity index is 1.53. The number of hydrogen-bond donors (Lipinski definition) is 1. The zero-order chi connectivity index (χ0) is 15.5. The van der Waals surface area contributed by atoms with Gasteiger partial charge in [-0.15, -0.1) is 0 Å². The summed E-state index contributed by atoms with van der Waals surface area (Å²) in [6, 6.07) is 4.55. The van der Waals surface area contributed by atoms with Crippen molar-refractivity contribution in [1.82, 2.24) is 15.1 Å². The molecular formula is C15H19ClFN3O2. The average molecular weight is 328 g/mol. The van der Waals surface area contributed by atoms with Crippen molar-refractivity contribution >= 4 is 17.6 Å². The molecule has 5 nitrogen and oxygen atoms in total. The van der Waals surface area contributed by atoms with Gasteiger partial charge in [-0.05, 0) is 12.1 Å². The Morgan fingerprint density at radius 1 is 1.41 bits per heavy atom. The number of piperazine rings is 1. The Morgan fingerprint density at radius 3 is 3.09 bits per heavy atom. The molecule has 0 saturated carbocycles. The second kappa shape index (κ2) is 6.81. The van der Waals surface area contributed by atoms with Gasteiger partial charge in [0.15, 0.2) is 0 Å². The summed E-state index contributed by atoms with van der Waals surface area (Å²) in [4.78, 5) is 16.4. The van der Waals surface area contributed by atoms with E-state index in [1.165, 1.54) is 6.07 Å². The van der Waals surface area contributed by atoms with E-state index in [4.69, 9.17) is 16.3 Å². The van der Waals surface area contributed by atoms with Crippen molar-refractivity contribution in [2.24, 2.45) is 0 Å². The van der Waals surface area contributed by atoms with Crippen molar-refractivity contribution in [2.45, 2.75) is 12.6 Å². The molecule has 7 heteroatoms. The van der Waals surface area contributed by atoms with Crippen LogP contribution >= 0.6 is 11.6 Å². The summed E-state index contributed by atoms with van der Waals surface area (Å²) >= 11 is 5.71. The van der Waals surface area contributed by atoms with E-state index >= 15 is 0 Å². The Kier molecular flexibility index (Phi) is 4.81. The van der Waals surface area contributed by atoms with E-state index in [0.29, 0.717) is 30.3 Å². The quantitative estimate of drug-likeness (QED) is 0.899. The molecule has 1 N–H and O–H groups in total. The number of amides is 2. The van der Waals surface area contributed by atoms with Gasteiger partial charge in [0.25, 0.3) is 0 Å². The maximum absolute atomic E-state index is 13.7. The molecule has 0 bridgehead atoms. The highest BCUT2D eigenvalue weighted by Crippen LogP contribution is 2.16. The maximum atomic E-state index is 13.7. The summed E-state index contributed by atoms with van der Waals surface area (Å²) < 4.78 is 19.2. The highest BCUT2D eigenvalue weighted by atomic mass is 35.5. The molecule has 2 heterocycles. The molecule has 2 aliphatic heterocycles. The standard InChI is InChI=1S/C15H19ClFN3O2/c16-12-2-1-11(14(17)7-12)8-18-15(21)20-4-3-19-5-6-22-10-13(19)9-20/h1-2,7,13H,3-6,8-10H2,(H,18,21)/t13-/m1/s1. The molecule has 0 aliphatic carbocycles. The van der Waals surface area contributed by atoms with Gasteiger partial charge in [0.2, 0.25) is 0 Å². The molecule has 1 aromatic rings. The van der Waals surface area contributed by atoms with Gasteiger partial charge in [0, 0.05) is 43.3 Å². The third-order valence-corrected chi connectivity index (χ3v) is 4.41. The van der Waals surface area contributed by atoms with Gasteiger partial charge in [-0.2, -0.15) is 0 Å². The highest BCUT2D eigenvalue weighted by Gasteiger charge is 2.31. The summed E-state index contributed by atoms with van der Waals surface area (Å²) in [5.74, 6) is -0.404. The number of nitrogens with one attached hydrogen (secondary N) is 1. The Morgan fingerprint density at radius 2 is 2.27 bits per heavy atom. The lowest BCUT2D eigenvalue weighted by atomic mass is 10.1. The summed E-state index contributed by atoms with van der Waals surface area (Å²) in [6.45, 7) is 4.70. The Bertz CT molecular complexity index is 558. The van der Waals surface area contributed by atoms with Crippen molar-refractivity contribution in [2.75, 3.05) is 39.4 Å². The number of carbonyl (C=O) groups excluding carboxylic acids is 1. The molecule has 0 aromatic heterocycles. The summed E-state index contributed by atoms with van der Waals surface area (Å²) in [5.41, 5.74) is 0.428. The summed E-state index contributed by atoms with van der Waals surface area (Å²) in [6.07, 6.45) is 0. The molecular weight excluding hydrogens is 309 g/mol. The van der Waals surface area contributed by atoms with Crippen LogP contribution in [0.25, 0.3) is 0 Å². The lowest BCUT2D eigenvalue weighted by Crippen LogP contribution is -2.60. The first-order valence-electron chi connectivity index (χ1n) is 7.42. The molecule has 22 heavy (non-hydrogen) atoms. The lowest BCUT2D eigenvalue weighted by Gasteiger charge is -2.43. The largest absolute Gasteiger partial charge is 0.378 e. The Labute approximate surface area is 134 Å². The van der Waals surface area contributed by atoms with Crippen molar-refractivity contribution < 1.29 is 13.9 Å². The van der Waals surface area contributed by atoms with Gasteiger partial charge >= 0.3 is 6.03 Å². The topological polar surface area (TPSA) is 44.8 Å². The highest BCUT2D eigenvalue weighted by molar-refractivity contribution is 6.30. The number of halogens is 2. The number of hydrogen-bond acceptors (Lipinski definition) is 3. The fourth-order valence-electron chi connectivity index (χ4n) is 2.88. The number of nitrogens with zero attached hydrogens (tertiary/aromatic N) is 2. The van der Waals surface area contributed by atoms with Gasteiger partial charge in [-0.3, -0.25) is 4.90 Å². The smallest absolute Gasteiger partial charge is 0.317 e. The van der Waals surface area contributed by atoms with Crippen LogP contribution in [0.3, 0.4) is 0 Å². The number of rotatable bonds is 2. The zero-order valence-electron chi connectivity index (χ0n) is 12.2. The minimum absolute atomic E-state index is 0.156. The zero-order valence-corrected chi connectivity index (χ0v) is 13.0. The summed E-state index contributed by atoms with van der Waals surface area (Å²) in [7, 11) is 0. The molecule has 120 valence electrons. The fraction of sp³-hybridized carbons (Fsp3) is 0.533. The second-order valence-corrected chi connectivity index (χ2v) is 6.04. The van der Waals surface area contributed by atoms with Crippen LogP contribution in [0.15, 0.2) is 18.2 Å². The number of carbonyl (C=O) groups is 1. The lowest BCUT2D eigenvalue weighted by molar-refractivity contribution is -0.0365. The molecule has 0 spiro atoms. The molecule has 2 fully saturated rings. The van der Waals surface area contributed by atoms with E-state index in [1.807, 2.05) is 0 Å². The van der Waals surface area contributed by atoms with Crippen molar-refractivity contribution in [3.05, 3.63) is 34.6 Å². The molecule has 1 aromatic carbocycles. The number of fused-ring (bicyclic) bond motifs is 1. The monoisotopic (exact) mass is 327 g/mol. The van der Waals surface area contributed by atoms with Crippen LogP contribution in [0.2, 0.25) is 5.02 Å². The first-order valence-corrected chi connectivity index (χ1v) is 7.80. The minimum Gasteiger partial charge on any atom is -0.378 e. The third kappa shape index (κ3) is 3.51. The van der Waals surface area contributed by atoms with Crippen LogP contribution in [0.5, 0.6) is 0 Å². The minimum atomic E-state index is -0.404. The van der Waals surface area contributed by atoms with E-state index < -0.39 is 5.82 Å². The number of urea groups is 1. The van der Waals surface area contributed by atoms with E-state index in [0.717, 1.165) is 19.7 Å². The van der Waals surface area contributed by atoms with Crippen molar-refractivity contribution in [3.8, 4) is 0 Å². The molecule has 1 atom stereocenters. The fourth-order valence-corrected chi connectivity index (χ4v) is 3.04. The molecule has 2 amide bonds. The van der Waals surface area contributed by atoms with E-state index in [-0.39, 0.29) is 18.6 Å². The molecule has 2 saturated heterocycles. The molecule has 0 radical (unpaired) electrons. The van der Waals surface area contributed by atoms with Crippen LogP contribution < -0.4 is 5.32 Å². The van der Waals surface area contributed by atoms with E-state index in [9.17, 15) is 9.18 Å². The normalized spacial score (nSPS) is 22.3. The van der Waals surface area contributed by atoms with Gasteiger partial charge in [-0.25, -0.2) is 9.18 Å². The van der Waals surface area contributed by atoms with Crippen LogP contribution in [-0.4, -0.2) is 61.3 Å². The number of benzene rings is 1. The maximum Gasteiger partial charge on any atom is 0.317 e. The Hall–Kier alpha value is -1.37. The van der Waals surface area contributed by atoms with Crippen LogP contribution in [0.1, 0.15) is 5.56 Å². The van der Waals surface area contributed by atoms with Gasteiger partial charge in [-0.1, -0.05) is 17.7 Å². The van der Waals surface area contributed by atoms with E-state index in [2.05, 4.69) is 10.2 Å². The van der Waals surface area contributed by atoms with Crippen LogP contribution in [0, 0.1) is 5.82 Å². The SMILES string of the molecule is O=C(NCc1ccc(Cl)cc1F)N1CCN2CCOC[C@H]2C1. The number of morpholine rings is 1. The predicted molar refractivity (Wildman–Crippen MR) is 81.4 cm³/mol. The average Bonchev–Trinajstić information content (AvgIpc) is 2.53. The van der Waals surface area contributed by atoms with Crippen LogP contribution in [0.4, 0.5) is 9.18 Å².